The summed E-state index contributed by atoms with van der Waals surface area (Å²) in [6.07, 6.45) is 5.06. The van der Waals surface area contributed by atoms with E-state index in [4.69, 9.17) is 31.1 Å². The second-order valence-electron chi connectivity index (χ2n) is 19.3. The number of carboxylic acid groups (broad SMARTS) is 1. The summed E-state index contributed by atoms with van der Waals surface area (Å²) in [6, 6.07) is 24.7. The molecule has 0 aliphatic heterocycles. The second kappa shape index (κ2) is 25.2. The van der Waals surface area contributed by atoms with Crippen LogP contribution in [0.3, 0.4) is 0 Å². The lowest BCUT2D eigenvalue weighted by Crippen LogP contribution is -2.47. The number of benzene rings is 2. The lowest BCUT2D eigenvalue weighted by atomic mass is 10.0. The first-order valence-electron chi connectivity index (χ1n) is 24.7. The molecular formula is C59H57ClF6N8O7. The molecule has 1 amide bonds. The number of aryl methyl sites for hydroxylation is 4. The average molecular weight is 1140 g/mol. The lowest BCUT2D eigenvalue weighted by Gasteiger charge is -2.20. The maximum absolute atomic E-state index is 13.2. The van der Waals surface area contributed by atoms with Crippen molar-refractivity contribution in [2.45, 2.75) is 96.1 Å². The van der Waals surface area contributed by atoms with E-state index in [0.29, 0.717) is 53.6 Å². The number of anilines is 2. The maximum atomic E-state index is 13.2. The van der Waals surface area contributed by atoms with Gasteiger partial charge in [-0.15, -0.1) is 12.4 Å². The fourth-order valence-corrected chi connectivity index (χ4v) is 8.08. The minimum atomic E-state index is -4.48. The Morgan fingerprint density at radius 3 is 1.40 bits per heavy atom. The molecule has 0 radical (unpaired) electrons. The molecule has 2 aliphatic carbocycles. The number of nitrogens with two attached hydrogens (primary N) is 3. The predicted octanol–water partition coefficient (Wildman–Crippen LogP) is 12.6. The van der Waals surface area contributed by atoms with Gasteiger partial charge < -0.3 is 36.5 Å². The number of fused-ring (bicyclic) bond motifs is 2. The van der Waals surface area contributed by atoms with Crippen LogP contribution >= 0.6 is 12.4 Å². The van der Waals surface area contributed by atoms with Gasteiger partial charge in [-0.2, -0.15) is 26.3 Å². The molecule has 424 valence electrons. The first-order valence-corrected chi connectivity index (χ1v) is 24.7. The molecule has 15 nitrogen and oxygen atoms in total. The molecule has 2 aromatic carbocycles. The number of halogens is 7. The van der Waals surface area contributed by atoms with Crippen LogP contribution in [0.2, 0.25) is 0 Å². The third-order valence-electron chi connectivity index (χ3n) is 13.1. The average Bonchev–Trinajstić information content (AvgIpc) is 4.50. The van der Waals surface area contributed by atoms with E-state index in [9.17, 15) is 45.5 Å². The molecule has 0 unspecified atom stereocenters. The molecule has 81 heavy (non-hydrogen) atoms. The monoisotopic (exact) mass is 1140 g/mol. The van der Waals surface area contributed by atoms with E-state index >= 15 is 0 Å². The van der Waals surface area contributed by atoms with Gasteiger partial charge in [0.2, 0.25) is 0 Å². The summed E-state index contributed by atoms with van der Waals surface area (Å²) in [5.74, 6) is 0.362. The molecule has 22 heteroatoms. The third kappa shape index (κ3) is 15.6. The lowest BCUT2D eigenvalue weighted by molar-refractivity contribution is -0.163. The quantitative estimate of drug-likeness (QED) is 0.0473. The van der Waals surface area contributed by atoms with Crippen molar-refractivity contribution in [3.63, 3.8) is 0 Å². The molecule has 0 atom stereocenters. The number of hydrogen-bond acceptors (Lipinski definition) is 13. The number of hydrogen-bond donors (Lipinski definition) is 5. The van der Waals surface area contributed by atoms with Gasteiger partial charge in [-0.05, 0) is 171 Å². The van der Waals surface area contributed by atoms with Crippen molar-refractivity contribution in [3.8, 4) is 22.5 Å². The van der Waals surface area contributed by atoms with Gasteiger partial charge in [0, 0.05) is 72.4 Å². The van der Waals surface area contributed by atoms with Crippen molar-refractivity contribution in [1.29, 1.82) is 0 Å². The van der Waals surface area contributed by atoms with Crippen molar-refractivity contribution < 1.29 is 59.5 Å². The molecule has 2 aliphatic rings. The SMILES string of the molecule is C.Cc1cc(-c2ccc(C(=O)NC3(C(F)(F)F)CC3)cn2)cc2cc(CCC(=O)/C=C/c3ccc(N)nc3)oc12.Cc1cc(-c2ccc(C(=O)O)cn2)cc2cc(CCC(=O)/C=C/c3ccc(N)nc3)oc12.Cl.NC1(C(F)(F)F)CC1. The predicted molar refractivity (Wildman–Crippen MR) is 299 cm³/mol. The highest BCUT2D eigenvalue weighted by Gasteiger charge is 2.64. The van der Waals surface area contributed by atoms with Crippen LogP contribution < -0.4 is 22.5 Å². The molecular weight excluding hydrogens is 1080 g/mol. The molecule has 6 heterocycles. The van der Waals surface area contributed by atoms with Crippen LogP contribution in [0.25, 0.3) is 56.6 Å². The van der Waals surface area contributed by atoms with E-state index < -0.39 is 35.3 Å². The number of carbonyl (C=O) groups excluding carboxylic acids is 3. The molecule has 0 bridgehead atoms. The molecule has 6 aromatic heterocycles. The van der Waals surface area contributed by atoms with Crippen LogP contribution in [-0.4, -0.2) is 71.9 Å². The summed E-state index contributed by atoms with van der Waals surface area (Å²) < 4.78 is 85.9. The fourth-order valence-electron chi connectivity index (χ4n) is 8.08. The Kier molecular flexibility index (Phi) is 19.1. The summed E-state index contributed by atoms with van der Waals surface area (Å²) in [4.78, 5) is 64.5. The van der Waals surface area contributed by atoms with Crippen molar-refractivity contribution in [2.24, 2.45) is 5.73 Å². The van der Waals surface area contributed by atoms with E-state index in [1.54, 1.807) is 60.9 Å². The molecule has 0 saturated heterocycles. The summed E-state index contributed by atoms with van der Waals surface area (Å²) in [7, 11) is 0. The number of alkyl halides is 6. The van der Waals surface area contributed by atoms with E-state index in [0.717, 1.165) is 55.5 Å². The van der Waals surface area contributed by atoms with Crippen LogP contribution in [0.4, 0.5) is 38.0 Å². The van der Waals surface area contributed by atoms with Crippen molar-refractivity contribution in [3.05, 3.63) is 167 Å². The number of amides is 1. The Balaban J connectivity index is 0.000000227. The number of allylic oxidation sites excluding steroid dienone is 2. The largest absolute Gasteiger partial charge is 0.478 e. The van der Waals surface area contributed by atoms with Crippen molar-refractivity contribution in [2.75, 3.05) is 11.5 Å². The number of nitrogen functional groups attached to an aromatic ring is 2. The van der Waals surface area contributed by atoms with E-state index in [1.165, 1.54) is 36.7 Å². The number of pyridine rings is 4. The second-order valence-corrected chi connectivity index (χ2v) is 19.3. The highest BCUT2D eigenvalue weighted by molar-refractivity contribution is 5.96. The summed E-state index contributed by atoms with van der Waals surface area (Å²) in [5.41, 5.74) is 19.9. The first kappa shape index (κ1) is 61.5. The van der Waals surface area contributed by atoms with Crippen LogP contribution in [0.1, 0.15) is 100 Å². The Labute approximate surface area is 467 Å². The Hall–Kier alpha value is -8.69. The third-order valence-corrected chi connectivity index (χ3v) is 13.1. The minimum Gasteiger partial charge on any atom is -0.478 e. The first-order chi connectivity index (χ1) is 37.4. The topological polar surface area (TPSA) is 256 Å². The number of carboxylic acids is 1. The number of aromatic carboxylic acids is 1. The van der Waals surface area contributed by atoms with Crippen LogP contribution in [0.15, 0.2) is 131 Å². The zero-order valence-corrected chi connectivity index (χ0v) is 43.8. The minimum absolute atomic E-state index is 0. The molecule has 2 fully saturated rings. The number of furan rings is 2. The zero-order chi connectivity index (χ0) is 56.9. The molecule has 8 aromatic rings. The number of aromatic nitrogens is 4. The van der Waals surface area contributed by atoms with Gasteiger partial charge in [-0.1, -0.05) is 7.43 Å². The van der Waals surface area contributed by atoms with Crippen molar-refractivity contribution >= 4 is 81.6 Å². The molecule has 8 N–H and O–H groups in total. The highest BCUT2D eigenvalue weighted by atomic mass is 35.5. The molecule has 10 rings (SSSR count). The summed E-state index contributed by atoms with van der Waals surface area (Å²) in [5, 5.41) is 12.9. The van der Waals surface area contributed by atoms with Gasteiger partial charge in [0.05, 0.1) is 22.5 Å². The number of carbonyl (C=O) groups is 4. The molecule has 2 saturated carbocycles. The van der Waals surface area contributed by atoms with Gasteiger partial charge in [-0.3, -0.25) is 24.4 Å². The van der Waals surface area contributed by atoms with Gasteiger partial charge in [0.15, 0.2) is 11.6 Å². The van der Waals surface area contributed by atoms with Gasteiger partial charge in [0.1, 0.15) is 45.4 Å². The fraction of sp³-hybridized carbons (Fsp3) is 0.254. The van der Waals surface area contributed by atoms with E-state index in [1.807, 2.05) is 50.2 Å². The summed E-state index contributed by atoms with van der Waals surface area (Å²) in [6.45, 7) is 3.83. The van der Waals surface area contributed by atoms with Crippen molar-refractivity contribution in [1.82, 2.24) is 25.3 Å². The Morgan fingerprint density at radius 1 is 0.617 bits per heavy atom. The standard InChI is InChI=1S/C29H25F3N4O3.C25H21N3O4.C4H6F3N.CH4.ClH/c1-17-12-20(24-8-4-19(16-34-24)27(38)36-28(10-11-28)29(30,31)32)13-21-14-23(39-26(17)21)7-6-22(37)5-2-18-3-9-25(33)35-15-18;1-15-10-18(22-8-4-17(14-27-22)25(30)31)11-19-12-21(32-24(15)19)7-6-20(29)5-2-16-3-9-23(26)28-13-16;5-4(6,7)3(8)1-2-3;;/h2-5,8-9,12-16H,6-7,10-11H2,1H3,(H2,33,35)(H,36,38);2-5,8-14H,6-7H2,1H3,(H2,26,28)(H,30,31);1-2,8H2;1H4;1H/b2*5-2+;;;. The highest BCUT2D eigenvalue weighted by Crippen LogP contribution is 2.49. The van der Waals surface area contributed by atoms with Crippen LogP contribution in [-0.2, 0) is 22.4 Å². The Bertz CT molecular complexity index is 3610. The number of ketones is 2. The molecule has 0 spiro atoms. The van der Waals surface area contributed by atoms with E-state index in [-0.39, 0.29) is 74.6 Å². The number of rotatable bonds is 15. The maximum Gasteiger partial charge on any atom is 0.411 e. The van der Waals surface area contributed by atoms with Crippen LogP contribution in [0, 0.1) is 13.8 Å². The van der Waals surface area contributed by atoms with Gasteiger partial charge in [-0.25, -0.2) is 14.8 Å². The number of nitrogens with one attached hydrogen (secondary N) is 1. The van der Waals surface area contributed by atoms with E-state index in [2.05, 4.69) is 25.3 Å². The normalized spacial score (nSPS) is 14.0. The number of nitrogens with zero attached hydrogens (tertiary/aromatic N) is 4. The zero-order valence-electron chi connectivity index (χ0n) is 43.0. The smallest absolute Gasteiger partial charge is 0.411 e. The Morgan fingerprint density at radius 2 is 1.06 bits per heavy atom. The summed E-state index contributed by atoms with van der Waals surface area (Å²) >= 11 is 0. The van der Waals surface area contributed by atoms with Gasteiger partial charge >= 0.3 is 18.3 Å². The van der Waals surface area contributed by atoms with Gasteiger partial charge in [0.25, 0.3) is 5.91 Å². The van der Waals surface area contributed by atoms with Crippen LogP contribution in [0.5, 0.6) is 0 Å².